The van der Waals surface area contributed by atoms with Gasteiger partial charge in [-0.1, -0.05) is 13.8 Å². The van der Waals surface area contributed by atoms with Gasteiger partial charge >= 0.3 is 6.18 Å². The van der Waals surface area contributed by atoms with E-state index in [1.807, 2.05) is 0 Å². The van der Waals surface area contributed by atoms with Crippen molar-refractivity contribution in [1.29, 1.82) is 0 Å². The Kier molecular flexibility index (Phi) is 4.00. The number of fused-ring (bicyclic) bond motifs is 1. The fourth-order valence-electron chi connectivity index (χ4n) is 2.99. The standard InChI is InChI=1S/C16H18F4O2/c1-14(2,8-15(3,9-21)16(18,19)20)12-7-11(17)6-10-4-5-22-13(10)12/h6-7,9H,4-5,8H2,1-3H3/t15-/m0/s1. The average Bonchev–Trinajstić information content (AvgIpc) is 2.83. The van der Waals surface area contributed by atoms with Crippen LogP contribution < -0.4 is 4.74 Å². The zero-order valence-corrected chi connectivity index (χ0v) is 12.7. The predicted octanol–water partition coefficient (Wildman–Crippen LogP) is 4.20. The maximum Gasteiger partial charge on any atom is 0.400 e. The minimum absolute atomic E-state index is 0.0743. The topological polar surface area (TPSA) is 26.3 Å². The number of alkyl halides is 3. The van der Waals surface area contributed by atoms with Crippen LogP contribution in [0.1, 0.15) is 38.3 Å². The molecule has 0 aromatic heterocycles. The highest BCUT2D eigenvalue weighted by Crippen LogP contribution is 2.48. The molecule has 1 aromatic carbocycles. The van der Waals surface area contributed by atoms with Gasteiger partial charge in [-0.05, 0) is 30.9 Å². The van der Waals surface area contributed by atoms with Gasteiger partial charge in [-0.25, -0.2) is 4.39 Å². The molecule has 0 aliphatic carbocycles. The average molecular weight is 318 g/mol. The highest BCUT2D eigenvalue weighted by Gasteiger charge is 2.54. The highest BCUT2D eigenvalue weighted by atomic mass is 19.4. The van der Waals surface area contributed by atoms with Crippen molar-refractivity contribution in [2.24, 2.45) is 5.41 Å². The number of carbonyl (C=O) groups excluding carboxylic acids is 1. The Labute approximate surface area is 126 Å². The lowest BCUT2D eigenvalue weighted by molar-refractivity contribution is -0.214. The van der Waals surface area contributed by atoms with Crippen molar-refractivity contribution in [1.82, 2.24) is 0 Å². The second-order valence-electron chi connectivity index (χ2n) is 6.63. The molecule has 2 nitrogen and oxygen atoms in total. The van der Waals surface area contributed by atoms with Crippen molar-refractivity contribution in [3.8, 4) is 5.75 Å². The van der Waals surface area contributed by atoms with Crippen LogP contribution in [-0.2, 0) is 16.6 Å². The van der Waals surface area contributed by atoms with E-state index in [9.17, 15) is 22.4 Å². The minimum Gasteiger partial charge on any atom is -0.493 e. The van der Waals surface area contributed by atoms with E-state index in [2.05, 4.69) is 0 Å². The second-order valence-corrected chi connectivity index (χ2v) is 6.63. The smallest absolute Gasteiger partial charge is 0.400 e. The third kappa shape index (κ3) is 2.83. The monoisotopic (exact) mass is 318 g/mol. The van der Waals surface area contributed by atoms with E-state index < -0.39 is 29.2 Å². The number of halogens is 4. The van der Waals surface area contributed by atoms with Crippen molar-refractivity contribution in [3.05, 3.63) is 29.1 Å². The van der Waals surface area contributed by atoms with Crippen LogP contribution in [0, 0.1) is 11.2 Å². The fraction of sp³-hybridized carbons (Fsp3) is 0.562. The number of rotatable bonds is 4. The number of ether oxygens (including phenoxy) is 1. The Balaban J connectivity index is 2.46. The van der Waals surface area contributed by atoms with Gasteiger partial charge in [0.25, 0.3) is 0 Å². The van der Waals surface area contributed by atoms with E-state index in [0.29, 0.717) is 29.9 Å². The van der Waals surface area contributed by atoms with Gasteiger partial charge in [0.05, 0.1) is 6.61 Å². The number of hydrogen-bond acceptors (Lipinski definition) is 2. The molecule has 0 radical (unpaired) electrons. The summed E-state index contributed by atoms with van der Waals surface area (Å²) in [6, 6.07) is 2.54. The summed E-state index contributed by atoms with van der Waals surface area (Å²) in [5.74, 6) is -0.0611. The zero-order chi connectivity index (χ0) is 16.8. The summed E-state index contributed by atoms with van der Waals surface area (Å²) in [5, 5.41) is 0. The number of hydrogen-bond donors (Lipinski definition) is 0. The third-order valence-electron chi connectivity index (χ3n) is 4.19. The number of aldehydes is 1. The first kappa shape index (κ1) is 16.8. The van der Waals surface area contributed by atoms with Crippen LogP contribution in [0.25, 0.3) is 0 Å². The first-order valence-electron chi connectivity index (χ1n) is 6.99. The minimum atomic E-state index is -4.66. The summed E-state index contributed by atoms with van der Waals surface area (Å²) in [7, 11) is 0. The summed E-state index contributed by atoms with van der Waals surface area (Å²) in [6.07, 6.45) is -4.69. The molecule has 0 amide bonds. The molecule has 1 atom stereocenters. The SMILES string of the molecule is CC(C)(C[C@@](C)(C=O)C(F)(F)F)c1cc(F)cc2c1OCC2. The van der Waals surface area contributed by atoms with Crippen LogP contribution in [0.2, 0.25) is 0 Å². The van der Waals surface area contributed by atoms with Crippen LogP contribution in [0.4, 0.5) is 17.6 Å². The van der Waals surface area contributed by atoms with Gasteiger partial charge in [0, 0.05) is 17.5 Å². The van der Waals surface area contributed by atoms with E-state index >= 15 is 0 Å². The molecule has 1 heterocycles. The van der Waals surface area contributed by atoms with E-state index in [4.69, 9.17) is 4.74 Å². The Morgan fingerprint density at radius 3 is 2.41 bits per heavy atom. The van der Waals surface area contributed by atoms with Crippen molar-refractivity contribution in [2.75, 3.05) is 6.61 Å². The molecule has 1 aliphatic rings. The molecular formula is C16H18F4O2. The van der Waals surface area contributed by atoms with Gasteiger partial charge < -0.3 is 9.53 Å². The Morgan fingerprint density at radius 1 is 1.23 bits per heavy atom. The summed E-state index contributed by atoms with van der Waals surface area (Å²) >= 11 is 0. The molecule has 0 saturated carbocycles. The molecule has 0 bridgehead atoms. The van der Waals surface area contributed by atoms with Gasteiger partial charge in [0.15, 0.2) is 0 Å². The second kappa shape index (κ2) is 5.25. The molecule has 1 aliphatic heterocycles. The predicted molar refractivity (Wildman–Crippen MR) is 73.5 cm³/mol. The largest absolute Gasteiger partial charge is 0.493 e. The number of carbonyl (C=O) groups is 1. The van der Waals surface area contributed by atoms with Crippen LogP contribution in [0.15, 0.2) is 12.1 Å². The van der Waals surface area contributed by atoms with Crippen molar-refractivity contribution in [3.63, 3.8) is 0 Å². The van der Waals surface area contributed by atoms with Crippen molar-refractivity contribution < 1.29 is 27.1 Å². The zero-order valence-electron chi connectivity index (χ0n) is 12.7. The maximum absolute atomic E-state index is 13.8. The molecule has 22 heavy (non-hydrogen) atoms. The molecule has 1 aromatic rings. The molecule has 2 rings (SSSR count). The van der Waals surface area contributed by atoms with Gasteiger partial charge in [0.2, 0.25) is 0 Å². The lowest BCUT2D eigenvalue weighted by Crippen LogP contribution is -2.41. The van der Waals surface area contributed by atoms with Crippen LogP contribution in [0.3, 0.4) is 0 Å². The van der Waals surface area contributed by atoms with Crippen LogP contribution in [0.5, 0.6) is 5.75 Å². The fourth-order valence-corrected chi connectivity index (χ4v) is 2.99. The van der Waals surface area contributed by atoms with E-state index in [1.54, 1.807) is 13.8 Å². The van der Waals surface area contributed by atoms with Gasteiger partial charge in [-0.15, -0.1) is 0 Å². The Morgan fingerprint density at radius 2 is 1.86 bits per heavy atom. The Bertz CT molecular complexity index is 593. The summed E-state index contributed by atoms with van der Waals surface area (Å²) < 4.78 is 58.7. The third-order valence-corrected chi connectivity index (χ3v) is 4.19. The van der Waals surface area contributed by atoms with E-state index in [-0.39, 0.29) is 6.29 Å². The lowest BCUT2D eigenvalue weighted by Gasteiger charge is -2.36. The van der Waals surface area contributed by atoms with E-state index in [0.717, 1.165) is 6.92 Å². The molecule has 122 valence electrons. The van der Waals surface area contributed by atoms with Gasteiger partial charge in [-0.3, -0.25) is 0 Å². The van der Waals surface area contributed by atoms with Crippen LogP contribution in [-0.4, -0.2) is 19.1 Å². The van der Waals surface area contributed by atoms with Gasteiger partial charge in [-0.2, -0.15) is 13.2 Å². The first-order chi connectivity index (χ1) is 10.00. The molecular weight excluding hydrogens is 300 g/mol. The molecule has 6 heteroatoms. The molecule has 0 unspecified atom stereocenters. The van der Waals surface area contributed by atoms with Crippen molar-refractivity contribution in [2.45, 2.75) is 45.2 Å². The molecule has 0 fully saturated rings. The van der Waals surface area contributed by atoms with Crippen LogP contribution >= 0.6 is 0 Å². The summed E-state index contributed by atoms with van der Waals surface area (Å²) in [4.78, 5) is 11.1. The summed E-state index contributed by atoms with van der Waals surface area (Å²) in [6.45, 7) is 4.38. The van der Waals surface area contributed by atoms with E-state index in [1.165, 1.54) is 12.1 Å². The van der Waals surface area contributed by atoms with Crippen molar-refractivity contribution >= 4 is 6.29 Å². The molecule has 0 N–H and O–H groups in total. The van der Waals surface area contributed by atoms with Gasteiger partial charge in [0.1, 0.15) is 23.3 Å². The highest BCUT2D eigenvalue weighted by molar-refractivity contribution is 5.61. The maximum atomic E-state index is 13.8. The quantitative estimate of drug-likeness (QED) is 0.614. The summed E-state index contributed by atoms with van der Waals surface area (Å²) in [5.41, 5.74) is -2.53. The number of benzene rings is 1. The molecule has 0 spiro atoms. The first-order valence-corrected chi connectivity index (χ1v) is 6.99. The lowest BCUT2D eigenvalue weighted by atomic mass is 9.70. The normalized spacial score (nSPS) is 17.6. The Hall–Kier alpha value is -1.59. The molecule has 0 saturated heterocycles.